The summed E-state index contributed by atoms with van der Waals surface area (Å²) in [7, 11) is 2.14. The number of allylic oxidation sites excluding steroid dienone is 3. The minimum atomic E-state index is -0.893. The second kappa shape index (κ2) is 20.1. The summed E-state index contributed by atoms with van der Waals surface area (Å²) < 4.78 is 6.42. The van der Waals surface area contributed by atoms with Crippen LogP contribution in [0, 0.1) is 12.8 Å². The Hall–Kier alpha value is -6.17. The predicted octanol–water partition coefficient (Wildman–Crippen LogP) is 10.6. The summed E-state index contributed by atoms with van der Waals surface area (Å²) in [6.45, 7) is 17.2. The van der Waals surface area contributed by atoms with Crippen molar-refractivity contribution in [1.82, 2.24) is 24.8 Å². The Morgan fingerprint density at radius 1 is 0.968 bits per heavy atom. The first-order chi connectivity index (χ1) is 30.0. The fraction of sp³-hybridized carbons (Fsp3) is 0.353. The van der Waals surface area contributed by atoms with Gasteiger partial charge in [-0.3, -0.25) is 14.7 Å². The normalized spacial score (nSPS) is 17.0. The molecule has 0 spiro atoms. The Balaban J connectivity index is 1.27. The van der Waals surface area contributed by atoms with Crippen molar-refractivity contribution in [2.24, 2.45) is 5.92 Å². The number of benzene rings is 3. The third kappa shape index (κ3) is 10.6. The number of hydrogen-bond acceptors (Lipinski definition) is 10. The highest BCUT2D eigenvalue weighted by molar-refractivity contribution is 6.19. The number of unbranched alkanes of at least 4 members (excludes halogenated alkanes) is 2. The van der Waals surface area contributed by atoms with Crippen LogP contribution in [0.1, 0.15) is 91.4 Å². The van der Waals surface area contributed by atoms with Gasteiger partial charge in [0.15, 0.2) is 0 Å². The number of imide groups is 1. The third-order valence-corrected chi connectivity index (χ3v) is 12.1. The number of nitrogens with one attached hydrogen (secondary N) is 1. The molecule has 1 aliphatic heterocycles. The van der Waals surface area contributed by atoms with Crippen LogP contribution in [0.4, 0.5) is 22.1 Å². The largest absolute Gasteiger partial charge is 0.507 e. The zero-order valence-electron chi connectivity index (χ0n) is 36.7. The van der Waals surface area contributed by atoms with Crippen molar-refractivity contribution >= 4 is 29.3 Å². The van der Waals surface area contributed by atoms with Crippen molar-refractivity contribution in [3.8, 4) is 22.8 Å². The number of ether oxygens (including phenoxy) is 1. The Morgan fingerprint density at radius 3 is 2.48 bits per heavy atom. The maximum atomic E-state index is 14.9. The lowest BCUT2D eigenvalue weighted by Crippen LogP contribution is -2.43. The summed E-state index contributed by atoms with van der Waals surface area (Å²) in [6, 6.07) is 22.0. The average Bonchev–Trinajstić information content (AvgIpc) is 3.26. The van der Waals surface area contributed by atoms with Crippen LogP contribution in [0.15, 0.2) is 115 Å². The summed E-state index contributed by atoms with van der Waals surface area (Å²) in [4.78, 5) is 49.0. The van der Waals surface area contributed by atoms with Crippen molar-refractivity contribution in [2.45, 2.75) is 78.7 Å². The van der Waals surface area contributed by atoms with E-state index in [0.29, 0.717) is 34.9 Å². The van der Waals surface area contributed by atoms with E-state index >= 15 is 0 Å². The summed E-state index contributed by atoms with van der Waals surface area (Å²) in [5.41, 5.74) is 8.23. The quantitative estimate of drug-likeness (QED) is 0.0825. The number of pyridine rings is 1. The molecule has 7 rings (SSSR count). The fourth-order valence-corrected chi connectivity index (χ4v) is 8.41. The molecule has 62 heavy (non-hydrogen) atoms. The number of phenolic OH excluding ortho intramolecular Hbond substituents is 1. The van der Waals surface area contributed by atoms with E-state index in [1.807, 2.05) is 56.3 Å². The molecular weight excluding hydrogens is 775 g/mol. The molecule has 0 bridgehead atoms. The van der Waals surface area contributed by atoms with Gasteiger partial charge in [-0.2, -0.15) is 0 Å². The van der Waals surface area contributed by atoms with Crippen molar-refractivity contribution in [3.05, 3.63) is 143 Å². The molecular formula is C51H59N7O4. The van der Waals surface area contributed by atoms with Gasteiger partial charge in [-0.1, -0.05) is 61.8 Å². The number of aromatic nitrogens is 3. The average molecular weight is 834 g/mol. The van der Waals surface area contributed by atoms with E-state index in [-0.39, 0.29) is 29.0 Å². The molecule has 11 heteroatoms. The molecule has 2 N–H and O–H groups in total. The number of rotatable bonds is 14. The molecule has 2 atom stereocenters. The molecule has 0 radical (unpaired) electrons. The van der Waals surface area contributed by atoms with Crippen molar-refractivity contribution in [2.75, 3.05) is 43.4 Å². The van der Waals surface area contributed by atoms with Crippen LogP contribution < -0.4 is 15.0 Å². The van der Waals surface area contributed by atoms with Gasteiger partial charge in [0.2, 0.25) is 5.95 Å². The third-order valence-electron chi connectivity index (χ3n) is 12.1. The van der Waals surface area contributed by atoms with E-state index in [0.717, 1.165) is 97.6 Å². The minimum absolute atomic E-state index is 0.0275. The number of anilines is 3. The molecule has 1 fully saturated rings. The highest BCUT2D eigenvalue weighted by Gasteiger charge is 2.34. The highest BCUT2D eigenvalue weighted by atomic mass is 16.6. The number of nitrogens with zero attached hydrogens (tertiary/aromatic N) is 6. The first-order valence-electron chi connectivity index (χ1n) is 21.8. The number of amides is 2. The van der Waals surface area contributed by atoms with E-state index < -0.39 is 12.0 Å². The Labute approximate surface area is 366 Å². The molecule has 2 aromatic heterocycles. The monoisotopic (exact) mass is 833 g/mol. The smallest absolute Gasteiger partial charge is 0.426 e. The van der Waals surface area contributed by atoms with Gasteiger partial charge in [-0.05, 0) is 131 Å². The molecule has 1 saturated heterocycles. The lowest BCUT2D eigenvalue weighted by atomic mass is 9.73. The van der Waals surface area contributed by atoms with Gasteiger partial charge in [0, 0.05) is 79.6 Å². The van der Waals surface area contributed by atoms with Gasteiger partial charge in [-0.15, -0.1) is 0 Å². The number of carbonyl (C=O) groups is 2. The fourth-order valence-electron chi connectivity index (χ4n) is 8.41. The predicted molar refractivity (Wildman–Crippen MR) is 247 cm³/mol. The maximum absolute atomic E-state index is 14.9. The number of phenols is 1. The molecule has 3 heterocycles. The summed E-state index contributed by atoms with van der Waals surface area (Å²) in [5, 5.41) is 15.1. The molecule has 2 amide bonds. The number of hydrogen-bond donors (Lipinski definition) is 2. The Kier molecular flexibility index (Phi) is 14.3. The molecule has 322 valence electrons. The molecule has 0 saturated carbocycles. The molecule has 5 aromatic rings. The maximum Gasteiger partial charge on any atom is 0.426 e. The van der Waals surface area contributed by atoms with Crippen molar-refractivity contribution in [1.29, 1.82) is 0 Å². The van der Waals surface area contributed by atoms with Gasteiger partial charge in [0.05, 0.1) is 11.4 Å². The number of carbonyl (C=O) groups excluding carboxylic acids is 2. The Morgan fingerprint density at radius 2 is 1.76 bits per heavy atom. The van der Waals surface area contributed by atoms with E-state index in [1.165, 1.54) is 5.57 Å². The summed E-state index contributed by atoms with van der Waals surface area (Å²) >= 11 is 0. The van der Waals surface area contributed by atoms with Gasteiger partial charge in [0.25, 0.3) is 5.91 Å². The summed E-state index contributed by atoms with van der Waals surface area (Å²) in [5.74, 6) is -0.166. The first-order valence-corrected chi connectivity index (χ1v) is 21.8. The zero-order chi connectivity index (χ0) is 43.8. The van der Waals surface area contributed by atoms with Crippen LogP contribution >= 0.6 is 0 Å². The number of likely N-dealkylation sites (N-methyl/N-ethyl adjacent to an activating group) is 1. The zero-order valence-corrected chi connectivity index (χ0v) is 36.7. The van der Waals surface area contributed by atoms with Gasteiger partial charge in [-0.25, -0.2) is 19.7 Å². The van der Waals surface area contributed by atoms with Crippen LogP contribution in [0.2, 0.25) is 0 Å². The van der Waals surface area contributed by atoms with Crippen LogP contribution in [-0.2, 0) is 13.0 Å². The first kappa shape index (κ1) is 43.9. The molecule has 11 nitrogen and oxygen atoms in total. The van der Waals surface area contributed by atoms with E-state index in [4.69, 9.17) is 9.72 Å². The number of aryl methyl sites for hydroxylation is 2. The minimum Gasteiger partial charge on any atom is -0.507 e. The van der Waals surface area contributed by atoms with Crippen LogP contribution in [-0.4, -0.2) is 75.1 Å². The van der Waals surface area contributed by atoms with E-state index in [9.17, 15) is 14.7 Å². The van der Waals surface area contributed by atoms with Gasteiger partial charge in [0.1, 0.15) is 11.5 Å². The van der Waals surface area contributed by atoms with Crippen LogP contribution in [0.3, 0.4) is 0 Å². The molecule has 2 aliphatic rings. The van der Waals surface area contributed by atoms with Gasteiger partial charge >= 0.3 is 6.09 Å². The van der Waals surface area contributed by atoms with E-state index in [2.05, 4.69) is 58.6 Å². The van der Waals surface area contributed by atoms with Gasteiger partial charge < -0.3 is 20.1 Å². The van der Waals surface area contributed by atoms with Crippen LogP contribution in [0.25, 0.3) is 11.3 Å². The SMILES string of the molecule is C=C(C)C1CCC(C)=CC1c1c(O)cc(CCCCC)cc1OC(=O)N(C(=O)c1ccc(CN2CCN(C)CC2)cc1)c1ccc(C)c(Nc2nccc(-c3cccnc3)n2)c1. The second-order valence-corrected chi connectivity index (χ2v) is 16.9. The number of aromatic hydroxyl groups is 1. The lowest BCUT2D eigenvalue weighted by molar-refractivity contribution is 0.0985. The second-order valence-electron chi connectivity index (χ2n) is 16.9. The lowest BCUT2D eigenvalue weighted by Gasteiger charge is -2.32. The highest BCUT2D eigenvalue weighted by Crippen LogP contribution is 2.47. The number of piperazine rings is 1. The topological polar surface area (TPSA) is 124 Å². The van der Waals surface area contributed by atoms with Crippen molar-refractivity contribution < 1.29 is 19.4 Å². The molecule has 3 aromatic carbocycles. The molecule has 2 unspecified atom stereocenters. The Bertz CT molecular complexity index is 2410. The summed E-state index contributed by atoms with van der Waals surface area (Å²) in [6.07, 6.45) is 11.8. The van der Waals surface area contributed by atoms with Crippen LogP contribution in [0.5, 0.6) is 11.5 Å². The standard InChI is InChI=1S/C51H59N7O4/c1-7-8-9-11-38-29-46(59)48(43-28-35(4)13-20-42(43)34(2)3)47(30-38)62-51(61)58(49(60)39-17-15-37(16-18-39)33-57-26-24-56(6)25-27-57)41-19-14-36(5)45(31-41)55-50-53-23-21-44(54-50)40-12-10-22-52-32-40/h10,12,14-19,21-23,28-32,42-43,59H,2,7-9,11,13,20,24-27,33H2,1,3-6H3,(H,53,54,55). The van der Waals surface area contributed by atoms with Crippen molar-refractivity contribution in [3.63, 3.8) is 0 Å². The molecule has 1 aliphatic carbocycles. The van der Waals surface area contributed by atoms with E-state index in [1.54, 1.807) is 48.9 Å².